The normalized spacial score (nSPS) is 22.0. The molecule has 0 aliphatic carbocycles. The van der Waals surface area contributed by atoms with E-state index in [4.69, 9.17) is 0 Å². The van der Waals surface area contributed by atoms with Gasteiger partial charge < -0.3 is 4.90 Å². The number of halogens is 2. The van der Waals surface area contributed by atoms with Crippen LogP contribution in [-0.4, -0.2) is 28.7 Å². The van der Waals surface area contributed by atoms with Crippen LogP contribution in [0.2, 0.25) is 0 Å². The molecule has 2 aliphatic heterocycles. The molecule has 0 radical (unpaired) electrons. The zero-order chi connectivity index (χ0) is 14.4. The Morgan fingerprint density at radius 3 is 2.75 bits per heavy atom. The molecule has 0 bridgehead atoms. The number of amides is 3. The van der Waals surface area contributed by atoms with Crippen LogP contribution in [0.25, 0.3) is 0 Å². The smallest absolute Gasteiger partial charge is 0.255 e. The Morgan fingerprint density at radius 1 is 1.30 bits per heavy atom. The Labute approximate surface area is 122 Å². The number of nitrogens with one attached hydrogen (secondary N) is 1. The van der Waals surface area contributed by atoms with Crippen LogP contribution in [0.4, 0.5) is 4.39 Å². The van der Waals surface area contributed by atoms with Crippen LogP contribution in [0.5, 0.6) is 0 Å². The van der Waals surface area contributed by atoms with Gasteiger partial charge in [-0.25, -0.2) is 4.39 Å². The van der Waals surface area contributed by atoms with Crippen molar-refractivity contribution < 1.29 is 18.8 Å². The molecular weight excluding hydrogens is 331 g/mol. The van der Waals surface area contributed by atoms with Crippen LogP contribution in [0.1, 0.15) is 28.8 Å². The van der Waals surface area contributed by atoms with Gasteiger partial charge in [0.15, 0.2) is 0 Å². The molecule has 1 aromatic carbocycles. The summed E-state index contributed by atoms with van der Waals surface area (Å²) in [5, 5.41) is 2.22. The zero-order valence-electron chi connectivity index (χ0n) is 10.3. The standard InChI is InChI=1S/C13H10BrFN2O3/c14-8-3-6-5-17(13(20)7(6)4-9(8)15)10-1-2-11(18)16-12(10)19/h3-4,10H,1-2,5H2,(H,16,18,19). The van der Waals surface area contributed by atoms with Crippen molar-refractivity contribution in [3.8, 4) is 0 Å². The minimum absolute atomic E-state index is 0.203. The molecule has 1 N–H and O–H groups in total. The highest BCUT2D eigenvalue weighted by Gasteiger charge is 2.39. The maximum Gasteiger partial charge on any atom is 0.255 e. The molecule has 3 rings (SSSR count). The molecule has 7 heteroatoms. The van der Waals surface area contributed by atoms with E-state index in [1.807, 2.05) is 0 Å². The quantitative estimate of drug-likeness (QED) is 0.785. The van der Waals surface area contributed by atoms with Gasteiger partial charge in [0, 0.05) is 18.5 Å². The lowest BCUT2D eigenvalue weighted by Gasteiger charge is -2.29. The summed E-state index contributed by atoms with van der Waals surface area (Å²) in [6.07, 6.45) is 0.503. The Balaban J connectivity index is 1.90. The molecule has 1 unspecified atom stereocenters. The third-order valence-corrected chi connectivity index (χ3v) is 4.17. The second-order valence-corrected chi connectivity index (χ2v) is 5.68. The van der Waals surface area contributed by atoms with E-state index in [-0.39, 0.29) is 34.8 Å². The summed E-state index contributed by atoms with van der Waals surface area (Å²) in [4.78, 5) is 36.6. The van der Waals surface area contributed by atoms with Crippen LogP contribution < -0.4 is 5.32 Å². The molecule has 1 atom stereocenters. The first-order valence-corrected chi connectivity index (χ1v) is 6.89. The molecule has 1 fully saturated rings. The molecule has 0 aromatic heterocycles. The molecule has 1 saturated heterocycles. The number of hydrogen-bond acceptors (Lipinski definition) is 3. The van der Waals surface area contributed by atoms with Crippen molar-refractivity contribution >= 4 is 33.7 Å². The summed E-state index contributed by atoms with van der Waals surface area (Å²) in [5.74, 6) is -1.69. The predicted octanol–water partition coefficient (Wildman–Crippen LogP) is 1.35. The Morgan fingerprint density at radius 2 is 2.05 bits per heavy atom. The van der Waals surface area contributed by atoms with Crippen LogP contribution in [0, 0.1) is 5.82 Å². The molecular formula is C13H10BrFN2O3. The minimum Gasteiger partial charge on any atom is -0.322 e. The average Bonchev–Trinajstić information content (AvgIpc) is 2.68. The van der Waals surface area contributed by atoms with E-state index in [1.54, 1.807) is 6.07 Å². The molecule has 104 valence electrons. The molecule has 3 amide bonds. The highest BCUT2D eigenvalue weighted by Crippen LogP contribution is 2.30. The zero-order valence-corrected chi connectivity index (χ0v) is 11.9. The lowest BCUT2D eigenvalue weighted by molar-refractivity contribution is -0.136. The number of carbonyl (C=O) groups excluding carboxylic acids is 3. The third-order valence-electron chi connectivity index (χ3n) is 3.56. The van der Waals surface area contributed by atoms with E-state index < -0.39 is 17.8 Å². The van der Waals surface area contributed by atoms with Gasteiger partial charge in [-0.3, -0.25) is 19.7 Å². The van der Waals surface area contributed by atoms with Gasteiger partial charge in [-0.2, -0.15) is 0 Å². The number of imide groups is 1. The van der Waals surface area contributed by atoms with Crippen molar-refractivity contribution in [1.29, 1.82) is 0 Å². The summed E-state index contributed by atoms with van der Waals surface area (Å²) >= 11 is 3.08. The van der Waals surface area contributed by atoms with Crippen LogP contribution in [0.3, 0.4) is 0 Å². The summed E-state index contributed by atoms with van der Waals surface area (Å²) in [7, 11) is 0. The fourth-order valence-electron chi connectivity index (χ4n) is 2.56. The van der Waals surface area contributed by atoms with Gasteiger partial charge in [0.05, 0.1) is 4.47 Å². The van der Waals surface area contributed by atoms with Gasteiger partial charge >= 0.3 is 0 Å². The average molecular weight is 341 g/mol. The van der Waals surface area contributed by atoms with Gasteiger partial charge in [-0.1, -0.05) is 0 Å². The van der Waals surface area contributed by atoms with E-state index in [0.717, 1.165) is 0 Å². The number of carbonyl (C=O) groups is 3. The van der Waals surface area contributed by atoms with Crippen LogP contribution in [-0.2, 0) is 16.1 Å². The molecule has 2 aliphatic rings. The number of nitrogens with zero attached hydrogens (tertiary/aromatic N) is 1. The topological polar surface area (TPSA) is 66.5 Å². The second kappa shape index (κ2) is 4.66. The Bertz CT molecular complexity index is 647. The first-order valence-electron chi connectivity index (χ1n) is 6.10. The van der Waals surface area contributed by atoms with Crippen LogP contribution >= 0.6 is 15.9 Å². The number of fused-ring (bicyclic) bond motifs is 1. The first kappa shape index (κ1) is 13.2. The number of hydrogen-bond donors (Lipinski definition) is 1. The van der Waals surface area contributed by atoms with E-state index in [9.17, 15) is 18.8 Å². The number of rotatable bonds is 1. The SMILES string of the molecule is O=C1CCC(N2Cc3cc(Br)c(F)cc3C2=O)C(=O)N1. The van der Waals surface area contributed by atoms with E-state index in [2.05, 4.69) is 21.2 Å². The summed E-state index contributed by atoms with van der Waals surface area (Å²) in [6.45, 7) is 0.249. The number of benzene rings is 1. The van der Waals surface area contributed by atoms with Gasteiger partial charge in [0.25, 0.3) is 5.91 Å². The fraction of sp³-hybridized carbons (Fsp3) is 0.308. The third kappa shape index (κ3) is 2.02. The lowest BCUT2D eigenvalue weighted by atomic mass is 10.0. The maximum atomic E-state index is 13.5. The molecule has 0 saturated carbocycles. The Hall–Kier alpha value is -1.76. The van der Waals surface area contributed by atoms with Gasteiger partial charge in [-0.15, -0.1) is 0 Å². The van der Waals surface area contributed by atoms with Crippen molar-refractivity contribution in [3.05, 3.63) is 33.5 Å². The lowest BCUT2D eigenvalue weighted by Crippen LogP contribution is -2.52. The van der Waals surface area contributed by atoms with Crippen molar-refractivity contribution in [2.24, 2.45) is 0 Å². The van der Waals surface area contributed by atoms with Crippen molar-refractivity contribution in [1.82, 2.24) is 10.2 Å². The first-order chi connectivity index (χ1) is 9.47. The molecule has 5 nitrogen and oxygen atoms in total. The van der Waals surface area contributed by atoms with E-state index >= 15 is 0 Å². The fourth-order valence-corrected chi connectivity index (χ4v) is 2.95. The van der Waals surface area contributed by atoms with Crippen LogP contribution in [0.15, 0.2) is 16.6 Å². The highest BCUT2D eigenvalue weighted by atomic mass is 79.9. The Kier molecular flexibility index (Phi) is 3.08. The van der Waals surface area contributed by atoms with Crippen molar-refractivity contribution in [3.63, 3.8) is 0 Å². The van der Waals surface area contributed by atoms with Gasteiger partial charge in [0.2, 0.25) is 11.8 Å². The van der Waals surface area contributed by atoms with Gasteiger partial charge in [-0.05, 0) is 40.0 Å². The van der Waals surface area contributed by atoms with Gasteiger partial charge in [0.1, 0.15) is 11.9 Å². The van der Waals surface area contributed by atoms with E-state index in [0.29, 0.717) is 12.0 Å². The largest absolute Gasteiger partial charge is 0.322 e. The van der Waals surface area contributed by atoms with Crippen molar-refractivity contribution in [2.45, 2.75) is 25.4 Å². The maximum absolute atomic E-state index is 13.5. The van der Waals surface area contributed by atoms with Crippen molar-refractivity contribution in [2.75, 3.05) is 0 Å². The predicted molar refractivity (Wildman–Crippen MR) is 70.1 cm³/mol. The van der Waals surface area contributed by atoms with E-state index in [1.165, 1.54) is 11.0 Å². The molecule has 20 heavy (non-hydrogen) atoms. The summed E-state index contributed by atoms with van der Waals surface area (Å²) in [6, 6.07) is 2.05. The number of piperidine rings is 1. The monoisotopic (exact) mass is 340 g/mol. The second-order valence-electron chi connectivity index (χ2n) is 4.82. The molecule has 2 heterocycles. The summed E-state index contributed by atoms with van der Waals surface area (Å²) < 4.78 is 13.8. The summed E-state index contributed by atoms with van der Waals surface area (Å²) in [5.41, 5.74) is 0.948. The molecule has 1 aromatic rings. The minimum atomic E-state index is -0.672. The highest BCUT2D eigenvalue weighted by molar-refractivity contribution is 9.10. The molecule has 0 spiro atoms.